The van der Waals surface area contributed by atoms with Gasteiger partial charge in [-0.05, 0) is 75.5 Å². The van der Waals surface area contributed by atoms with E-state index in [1.54, 1.807) is 37.0 Å². The van der Waals surface area contributed by atoms with Gasteiger partial charge in [0.15, 0.2) is 0 Å². The minimum atomic E-state index is 0. The van der Waals surface area contributed by atoms with Crippen LogP contribution in [0.5, 0.6) is 0 Å². The van der Waals surface area contributed by atoms with Crippen molar-refractivity contribution in [3.05, 3.63) is 0 Å². The van der Waals surface area contributed by atoms with Crippen molar-refractivity contribution in [3.63, 3.8) is 0 Å². The predicted molar refractivity (Wildman–Crippen MR) is 132 cm³/mol. The van der Waals surface area contributed by atoms with Crippen LogP contribution >= 0.6 is 15.8 Å². The summed E-state index contributed by atoms with van der Waals surface area (Å²) in [4.78, 5) is 0. The van der Waals surface area contributed by atoms with Crippen LogP contribution in [-0.4, -0.2) is 37.0 Å². The van der Waals surface area contributed by atoms with Gasteiger partial charge in [0.05, 0.1) is 0 Å². The van der Waals surface area contributed by atoms with E-state index in [9.17, 15) is 0 Å². The second-order valence-corrected chi connectivity index (χ2v) is 13.2. The summed E-state index contributed by atoms with van der Waals surface area (Å²) in [5, 5.41) is 0. The third kappa shape index (κ3) is 27.4. The summed E-state index contributed by atoms with van der Waals surface area (Å²) >= 11 is 0. The fraction of sp³-hybridized carbons (Fsp3) is 1.00. The van der Waals surface area contributed by atoms with Crippen molar-refractivity contribution in [2.24, 2.45) is 0 Å². The van der Waals surface area contributed by atoms with Gasteiger partial charge in [0.2, 0.25) is 0 Å². The first-order valence-corrected chi connectivity index (χ1v) is 15.9. The normalized spacial score (nSPS) is 10.7. The Morgan fingerprint density at radius 2 is 0.481 bits per heavy atom. The van der Waals surface area contributed by atoms with E-state index >= 15 is 0 Å². The Bertz CT molecular complexity index is 174. The van der Waals surface area contributed by atoms with Crippen molar-refractivity contribution < 1.29 is 17.1 Å². The molecule has 0 unspecified atom stereocenters. The molecule has 0 aliphatic carbocycles. The Morgan fingerprint density at radius 1 is 0.333 bits per heavy atom. The zero-order chi connectivity index (χ0) is 19.9. The molecule has 0 aromatic rings. The molecule has 0 fully saturated rings. The third-order valence-electron chi connectivity index (χ3n) is 4.97. The Balaban J connectivity index is -0.000000411. The maximum atomic E-state index is 2.31. The number of rotatable bonds is 18. The van der Waals surface area contributed by atoms with Gasteiger partial charge >= 0.3 is 0 Å². The molecule has 0 nitrogen and oxygen atoms in total. The molecule has 1 radical (unpaired) electrons. The summed E-state index contributed by atoms with van der Waals surface area (Å²) in [6.45, 7) is 13.9. The summed E-state index contributed by atoms with van der Waals surface area (Å²) < 4.78 is 0. The predicted octanol–water partition coefficient (Wildman–Crippen LogP) is 9.73. The summed E-state index contributed by atoms with van der Waals surface area (Å²) in [5.41, 5.74) is 0. The first-order chi connectivity index (χ1) is 12.7. The average Bonchev–Trinajstić information content (AvgIpc) is 2.67. The zero-order valence-electron chi connectivity index (χ0n) is 19.9. The van der Waals surface area contributed by atoms with Crippen LogP contribution in [0, 0.1) is 0 Å². The molecule has 0 aromatic heterocycles. The molecule has 0 heterocycles. The molecule has 0 atom stereocenters. The number of hydrogen-bond donors (Lipinski definition) is 0. The van der Waals surface area contributed by atoms with Crippen molar-refractivity contribution in [2.75, 3.05) is 37.0 Å². The van der Waals surface area contributed by atoms with Gasteiger partial charge in [0, 0.05) is 17.1 Å². The molecule has 0 amide bonds. The van der Waals surface area contributed by atoms with E-state index in [0.717, 1.165) is 0 Å². The van der Waals surface area contributed by atoms with Gasteiger partial charge in [-0.3, -0.25) is 0 Å². The minimum Gasteiger partial charge on any atom is -0.107 e. The quantitative estimate of drug-likeness (QED) is 0.139. The second-order valence-electron chi connectivity index (χ2n) is 7.80. The fourth-order valence-electron chi connectivity index (χ4n) is 2.96. The second kappa shape index (κ2) is 29.6. The molecule has 0 aliphatic rings. The summed E-state index contributed by atoms with van der Waals surface area (Å²) in [6, 6.07) is 0. The Hall–Kier alpha value is 1.38. The van der Waals surface area contributed by atoms with E-state index in [-0.39, 0.29) is 17.1 Å². The van der Waals surface area contributed by atoms with Crippen molar-refractivity contribution in [1.82, 2.24) is 0 Å². The van der Waals surface area contributed by atoms with Crippen molar-refractivity contribution in [1.29, 1.82) is 0 Å². The van der Waals surface area contributed by atoms with E-state index in [1.165, 1.54) is 77.0 Å². The molecule has 0 spiro atoms. The van der Waals surface area contributed by atoms with E-state index in [2.05, 4.69) is 41.5 Å². The van der Waals surface area contributed by atoms with E-state index in [1.807, 2.05) is 0 Å². The Labute approximate surface area is 188 Å². The van der Waals surface area contributed by atoms with Gasteiger partial charge in [0.1, 0.15) is 0 Å². The molecule has 0 saturated carbocycles. The van der Waals surface area contributed by atoms with Gasteiger partial charge in [-0.2, -0.15) is 0 Å². The summed E-state index contributed by atoms with van der Waals surface area (Å²) in [6.07, 6.45) is 26.4. The molecule has 3 heteroatoms. The molecule has 27 heavy (non-hydrogen) atoms. The molecule has 0 N–H and O–H groups in total. The van der Waals surface area contributed by atoms with Crippen LogP contribution in [0.15, 0.2) is 0 Å². The van der Waals surface area contributed by atoms with Gasteiger partial charge in [-0.25, -0.2) is 0 Å². The maximum Gasteiger partial charge on any atom is 0 e. The van der Waals surface area contributed by atoms with Gasteiger partial charge < -0.3 is 0 Å². The van der Waals surface area contributed by atoms with E-state index in [0.29, 0.717) is 15.8 Å². The fourth-order valence-corrected chi connectivity index (χ4v) is 8.88. The van der Waals surface area contributed by atoms with Crippen molar-refractivity contribution >= 4 is 15.8 Å². The summed E-state index contributed by atoms with van der Waals surface area (Å²) in [7, 11) is 0.843. The molecule has 0 aliphatic heterocycles. The van der Waals surface area contributed by atoms with Crippen LogP contribution in [0.25, 0.3) is 0 Å². The SMILES string of the molecule is CCCCP(CCCC)CCCC.CCCCP(CCCC)CCCC.[Cu]. The topological polar surface area (TPSA) is 0 Å². The van der Waals surface area contributed by atoms with Crippen LogP contribution < -0.4 is 0 Å². The maximum absolute atomic E-state index is 2.31. The van der Waals surface area contributed by atoms with Crippen LogP contribution in [-0.2, 0) is 17.1 Å². The molecule has 0 rings (SSSR count). The van der Waals surface area contributed by atoms with E-state index < -0.39 is 0 Å². The Morgan fingerprint density at radius 3 is 0.593 bits per heavy atom. The molecular weight excluding hydrogens is 414 g/mol. The van der Waals surface area contributed by atoms with Crippen LogP contribution in [0.1, 0.15) is 119 Å². The monoisotopic (exact) mass is 467 g/mol. The Kier molecular flexibility index (Phi) is 36.2. The minimum absolute atomic E-state index is 0. The molecule has 171 valence electrons. The summed E-state index contributed by atoms with van der Waals surface area (Å²) in [5.74, 6) is 0. The van der Waals surface area contributed by atoms with Gasteiger partial charge in [-0.15, -0.1) is 15.8 Å². The molecular formula is C24H54CuP2. The first kappa shape index (κ1) is 33.0. The van der Waals surface area contributed by atoms with Gasteiger partial charge in [-0.1, -0.05) is 80.1 Å². The zero-order valence-corrected chi connectivity index (χ0v) is 22.7. The smallest absolute Gasteiger partial charge is 0 e. The van der Waals surface area contributed by atoms with Crippen LogP contribution in [0.2, 0.25) is 0 Å². The van der Waals surface area contributed by atoms with E-state index in [4.69, 9.17) is 0 Å². The van der Waals surface area contributed by atoms with Crippen molar-refractivity contribution in [2.45, 2.75) is 119 Å². The van der Waals surface area contributed by atoms with Gasteiger partial charge in [0.25, 0.3) is 0 Å². The molecule has 0 aromatic carbocycles. The number of unbranched alkanes of at least 4 members (excludes halogenated alkanes) is 6. The van der Waals surface area contributed by atoms with Crippen molar-refractivity contribution in [3.8, 4) is 0 Å². The molecule has 0 bridgehead atoms. The van der Waals surface area contributed by atoms with Crippen LogP contribution in [0.3, 0.4) is 0 Å². The first-order valence-electron chi connectivity index (χ1n) is 12.1. The largest absolute Gasteiger partial charge is 0.107 e. The third-order valence-corrected chi connectivity index (χ3v) is 10.7. The average molecular weight is 468 g/mol. The van der Waals surface area contributed by atoms with Crippen LogP contribution in [0.4, 0.5) is 0 Å². The standard InChI is InChI=1S/2C12H27P.Cu/c2*1-4-7-10-13(11-8-5-2)12-9-6-3;/h2*4-12H2,1-3H3;. The molecule has 0 saturated heterocycles. The number of hydrogen-bond acceptors (Lipinski definition) is 0.